The quantitative estimate of drug-likeness (QED) is 0.582. The molecule has 1 saturated carbocycles. The third-order valence-corrected chi connectivity index (χ3v) is 5.60. The SMILES string of the molecule is O=C(NC(=S)Nc1ccccc1C(=O)NC1CCCCC1)c1ccccc1Br. The Kier molecular flexibility index (Phi) is 7.17. The molecule has 0 spiro atoms. The Bertz CT molecular complexity index is 881. The van der Waals surface area contributed by atoms with E-state index in [0.29, 0.717) is 21.3 Å². The molecule has 28 heavy (non-hydrogen) atoms. The zero-order valence-corrected chi connectivity index (χ0v) is 17.7. The summed E-state index contributed by atoms with van der Waals surface area (Å²) in [5.41, 5.74) is 1.55. The van der Waals surface area contributed by atoms with Crippen LogP contribution in [-0.4, -0.2) is 23.0 Å². The van der Waals surface area contributed by atoms with Crippen molar-refractivity contribution in [2.75, 3.05) is 5.32 Å². The van der Waals surface area contributed by atoms with Gasteiger partial charge in [-0.05, 0) is 65.3 Å². The average molecular weight is 460 g/mol. The van der Waals surface area contributed by atoms with Crippen molar-refractivity contribution in [1.82, 2.24) is 10.6 Å². The lowest BCUT2D eigenvalue weighted by Gasteiger charge is -2.23. The van der Waals surface area contributed by atoms with Crippen LogP contribution in [0.5, 0.6) is 0 Å². The molecule has 2 aromatic rings. The van der Waals surface area contributed by atoms with Gasteiger partial charge in [-0.3, -0.25) is 14.9 Å². The van der Waals surface area contributed by atoms with E-state index in [1.54, 1.807) is 30.3 Å². The van der Waals surface area contributed by atoms with Gasteiger partial charge in [0.15, 0.2) is 5.11 Å². The molecule has 5 nitrogen and oxygen atoms in total. The molecule has 2 aromatic carbocycles. The highest BCUT2D eigenvalue weighted by atomic mass is 79.9. The molecule has 1 aliphatic rings. The normalized spacial score (nSPS) is 14.2. The first-order chi connectivity index (χ1) is 13.5. The summed E-state index contributed by atoms with van der Waals surface area (Å²) in [5, 5.41) is 8.87. The molecule has 0 bridgehead atoms. The minimum atomic E-state index is -0.325. The third kappa shape index (κ3) is 5.39. The first-order valence-electron chi connectivity index (χ1n) is 9.31. The Morgan fingerprint density at radius 1 is 0.893 bits per heavy atom. The Labute approximate surface area is 178 Å². The van der Waals surface area contributed by atoms with Gasteiger partial charge >= 0.3 is 0 Å². The number of hydrogen-bond acceptors (Lipinski definition) is 3. The monoisotopic (exact) mass is 459 g/mol. The first-order valence-corrected chi connectivity index (χ1v) is 10.5. The van der Waals surface area contributed by atoms with Crippen molar-refractivity contribution < 1.29 is 9.59 Å². The summed E-state index contributed by atoms with van der Waals surface area (Å²) >= 11 is 8.63. The molecule has 1 fully saturated rings. The summed E-state index contributed by atoms with van der Waals surface area (Å²) in [5.74, 6) is -0.455. The number of rotatable bonds is 4. The van der Waals surface area contributed by atoms with Gasteiger partial charge in [0, 0.05) is 10.5 Å². The lowest BCUT2D eigenvalue weighted by molar-refractivity contribution is 0.0927. The van der Waals surface area contributed by atoms with Gasteiger partial charge in [-0.2, -0.15) is 0 Å². The van der Waals surface area contributed by atoms with Crippen molar-refractivity contribution in [1.29, 1.82) is 0 Å². The molecule has 3 N–H and O–H groups in total. The highest BCUT2D eigenvalue weighted by molar-refractivity contribution is 9.10. The first kappa shape index (κ1) is 20.5. The van der Waals surface area contributed by atoms with Gasteiger partial charge in [0.2, 0.25) is 0 Å². The van der Waals surface area contributed by atoms with Crippen LogP contribution in [0.1, 0.15) is 52.8 Å². The molecule has 0 atom stereocenters. The fourth-order valence-corrected chi connectivity index (χ4v) is 3.94. The number of nitrogens with one attached hydrogen (secondary N) is 3. The summed E-state index contributed by atoms with van der Waals surface area (Å²) in [6.45, 7) is 0. The highest BCUT2D eigenvalue weighted by Crippen LogP contribution is 2.20. The van der Waals surface area contributed by atoms with E-state index in [0.717, 1.165) is 25.7 Å². The molecule has 146 valence electrons. The van der Waals surface area contributed by atoms with Crippen LogP contribution < -0.4 is 16.0 Å². The van der Waals surface area contributed by atoms with Crippen LogP contribution in [0, 0.1) is 0 Å². The molecular weight excluding hydrogens is 438 g/mol. The maximum Gasteiger partial charge on any atom is 0.258 e. The number of amides is 2. The van der Waals surface area contributed by atoms with Gasteiger partial charge in [0.05, 0.1) is 16.8 Å². The Balaban J connectivity index is 1.65. The number of benzene rings is 2. The van der Waals surface area contributed by atoms with E-state index in [9.17, 15) is 9.59 Å². The summed E-state index contributed by atoms with van der Waals surface area (Å²) in [7, 11) is 0. The number of thiocarbonyl (C=S) groups is 1. The lowest BCUT2D eigenvalue weighted by Crippen LogP contribution is -2.37. The van der Waals surface area contributed by atoms with Crippen molar-refractivity contribution in [2.24, 2.45) is 0 Å². The van der Waals surface area contributed by atoms with Crippen LogP contribution in [0.4, 0.5) is 5.69 Å². The van der Waals surface area contributed by atoms with E-state index in [1.165, 1.54) is 6.42 Å². The van der Waals surface area contributed by atoms with E-state index in [2.05, 4.69) is 31.9 Å². The van der Waals surface area contributed by atoms with Crippen LogP contribution in [0.2, 0.25) is 0 Å². The van der Waals surface area contributed by atoms with E-state index in [-0.39, 0.29) is 23.0 Å². The van der Waals surface area contributed by atoms with Gasteiger partial charge in [-0.15, -0.1) is 0 Å². The van der Waals surface area contributed by atoms with Crippen molar-refractivity contribution in [3.05, 3.63) is 64.1 Å². The topological polar surface area (TPSA) is 70.2 Å². The number of para-hydroxylation sites is 1. The Hall–Kier alpha value is -2.25. The molecular formula is C21H22BrN3O2S. The average Bonchev–Trinajstić information content (AvgIpc) is 2.69. The zero-order valence-electron chi connectivity index (χ0n) is 15.3. The molecule has 2 amide bonds. The second kappa shape index (κ2) is 9.80. The van der Waals surface area contributed by atoms with E-state index in [4.69, 9.17) is 12.2 Å². The molecule has 1 aliphatic carbocycles. The van der Waals surface area contributed by atoms with Gasteiger partial charge < -0.3 is 10.6 Å². The Morgan fingerprint density at radius 3 is 2.25 bits per heavy atom. The van der Waals surface area contributed by atoms with Crippen molar-refractivity contribution >= 4 is 50.8 Å². The minimum Gasteiger partial charge on any atom is -0.349 e. The highest BCUT2D eigenvalue weighted by Gasteiger charge is 2.19. The second-order valence-corrected chi connectivity index (χ2v) is 8.00. The van der Waals surface area contributed by atoms with E-state index in [1.807, 2.05) is 18.2 Å². The van der Waals surface area contributed by atoms with Crippen molar-refractivity contribution in [3.63, 3.8) is 0 Å². The van der Waals surface area contributed by atoms with Gasteiger partial charge in [0.25, 0.3) is 11.8 Å². The van der Waals surface area contributed by atoms with E-state index >= 15 is 0 Å². The molecule has 0 unspecified atom stereocenters. The van der Waals surface area contributed by atoms with Crippen LogP contribution in [0.3, 0.4) is 0 Å². The smallest absolute Gasteiger partial charge is 0.258 e. The fourth-order valence-electron chi connectivity index (χ4n) is 3.27. The second-order valence-electron chi connectivity index (χ2n) is 6.74. The fraction of sp³-hybridized carbons (Fsp3) is 0.286. The predicted molar refractivity (Wildman–Crippen MR) is 119 cm³/mol. The zero-order chi connectivity index (χ0) is 19.9. The predicted octanol–water partition coefficient (Wildman–Crippen LogP) is 4.64. The van der Waals surface area contributed by atoms with Crippen LogP contribution in [0.25, 0.3) is 0 Å². The number of halogens is 1. The van der Waals surface area contributed by atoms with E-state index < -0.39 is 0 Å². The molecule has 0 heterocycles. The summed E-state index contributed by atoms with van der Waals surface area (Å²) in [6.07, 6.45) is 5.56. The Morgan fingerprint density at radius 2 is 1.54 bits per heavy atom. The molecule has 7 heteroatoms. The lowest BCUT2D eigenvalue weighted by atomic mass is 9.95. The summed E-state index contributed by atoms with van der Waals surface area (Å²) < 4.78 is 0.683. The largest absolute Gasteiger partial charge is 0.349 e. The molecule has 0 aromatic heterocycles. The van der Waals surface area contributed by atoms with Crippen molar-refractivity contribution in [2.45, 2.75) is 38.1 Å². The third-order valence-electron chi connectivity index (χ3n) is 4.71. The summed E-state index contributed by atoms with van der Waals surface area (Å²) in [6, 6.07) is 14.5. The maximum absolute atomic E-state index is 12.7. The number of carbonyl (C=O) groups is 2. The number of anilines is 1. The van der Waals surface area contributed by atoms with Crippen molar-refractivity contribution in [3.8, 4) is 0 Å². The number of carbonyl (C=O) groups excluding carboxylic acids is 2. The number of hydrogen-bond donors (Lipinski definition) is 3. The van der Waals surface area contributed by atoms with Crippen LogP contribution in [0.15, 0.2) is 53.0 Å². The van der Waals surface area contributed by atoms with Crippen LogP contribution in [-0.2, 0) is 0 Å². The minimum absolute atomic E-state index is 0.130. The molecule has 0 saturated heterocycles. The van der Waals surface area contributed by atoms with Gasteiger partial charge in [-0.1, -0.05) is 43.5 Å². The molecule has 3 rings (SSSR count). The van der Waals surface area contributed by atoms with Gasteiger partial charge in [-0.25, -0.2) is 0 Å². The maximum atomic E-state index is 12.7. The standard InChI is InChI=1S/C21H22BrN3O2S/c22-17-12-6-4-10-15(17)19(26)25-21(28)24-18-13-7-5-11-16(18)20(27)23-14-8-2-1-3-9-14/h4-7,10-14H,1-3,8-9H2,(H,23,27)(H2,24,25,26,28). The summed E-state index contributed by atoms with van der Waals surface area (Å²) in [4.78, 5) is 25.1. The molecule has 0 aliphatic heterocycles. The molecule has 0 radical (unpaired) electrons. The van der Waals surface area contributed by atoms with Gasteiger partial charge in [0.1, 0.15) is 0 Å². The van der Waals surface area contributed by atoms with Crippen LogP contribution >= 0.6 is 28.1 Å².